The van der Waals surface area contributed by atoms with E-state index in [0.717, 1.165) is 9.90 Å². The number of rotatable bonds is 3. The predicted octanol–water partition coefficient (Wildman–Crippen LogP) is 1.41. The van der Waals surface area contributed by atoms with Gasteiger partial charge in [-0.25, -0.2) is 0 Å². The zero-order valence-corrected chi connectivity index (χ0v) is 8.28. The highest BCUT2D eigenvalue weighted by molar-refractivity contribution is 8.02. The molecule has 0 bridgehead atoms. The molecular formula is C6H8N2O2S2. The minimum absolute atomic E-state index is 0.439. The average molecular weight is 204 g/mol. The topological polar surface area (TPSA) is 63.1 Å². The first kappa shape index (κ1) is 9.47. The molecule has 1 N–H and O–H groups in total. The van der Waals surface area contributed by atoms with E-state index >= 15 is 0 Å². The Bertz CT molecular complexity index is 287. The van der Waals surface area contributed by atoms with Crippen LogP contribution in [-0.2, 0) is 4.79 Å². The van der Waals surface area contributed by atoms with Crippen LogP contribution in [0.3, 0.4) is 0 Å². The Morgan fingerprint density at radius 3 is 2.83 bits per heavy atom. The summed E-state index contributed by atoms with van der Waals surface area (Å²) in [5.74, 6) is -0.812. The van der Waals surface area contributed by atoms with Crippen molar-refractivity contribution in [3.8, 4) is 0 Å². The highest BCUT2D eigenvalue weighted by Crippen LogP contribution is 2.28. The minimum Gasteiger partial charge on any atom is -0.480 e. The summed E-state index contributed by atoms with van der Waals surface area (Å²) in [4.78, 5) is 10.5. The summed E-state index contributed by atoms with van der Waals surface area (Å²) >= 11 is 2.51. The first-order chi connectivity index (χ1) is 5.61. The van der Waals surface area contributed by atoms with Crippen LogP contribution in [0.1, 0.15) is 12.6 Å². The molecule has 0 radical (unpaired) electrons. The van der Waals surface area contributed by atoms with E-state index in [1.807, 2.05) is 6.92 Å². The van der Waals surface area contributed by atoms with E-state index in [1.54, 1.807) is 6.92 Å². The van der Waals surface area contributed by atoms with Crippen molar-refractivity contribution in [1.29, 1.82) is 0 Å². The molecule has 0 aliphatic heterocycles. The molecule has 0 aliphatic carbocycles. The Balaban J connectivity index is 2.64. The van der Waals surface area contributed by atoms with E-state index in [9.17, 15) is 4.79 Å². The lowest BCUT2D eigenvalue weighted by Gasteiger charge is -2.01. The quantitative estimate of drug-likeness (QED) is 0.754. The Morgan fingerprint density at radius 1 is 1.75 bits per heavy atom. The summed E-state index contributed by atoms with van der Waals surface area (Å²) in [6, 6.07) is 0. The molecule has 0 saturated heterocycles. The van der Waals surface area contributed by atoms with E-state index in [0.29, 0.717) is 0 Å². The van der Waals surface area contributed by atoms with E-state index in [2.05, 4.69) is 9.59 Å². The molecule has 6 heteroatoms. The predicted molar refractivity (Wildman–Crippen MR) is 47.6 cm³/mol. The summed E-state index contributed by atoms with van der Waals surface area (Å²) in [6.07, 6.45) is 0. The van der Waals surface area contributed by atoms with Crippen LogP contribution in [0.25, 0.3) is 0 Å². The summed E-state index contributed by atoms with van der Waals surface area (Å²) < 4.78 is 4.59. The monoisotopic (exact) mass is 204 g/mol. The van der Waals surface area contributed by atoms with Gasteiger partial charge in [0.25, 0.3) is 0 Å². The van der Waals surface area contributed by atoms with Gasteiger partial charge in [-0.2, -0.15) is 0 Å². The number of thioether (sulfide) groups is 1. The van der Waals surface area contributed by atoms with E-state index < -0.39 is 11.2 Å². The second-order valence-electron chi connectivity index (χ2n) is 2.24. The van der Waals surface area contributed by atoms with Gasteiger partial charge in [0.15, 0.2) is 0 Å². The first-order valence-electron chi connectivity index (χ1n) is 3.29. The molecular weight excluding hydrogens is 196 g/mol. The third-order valence-electron chi connectivity index (χ3n) is 1.24. The van der Waals surface area contributed by atoms with Gasteiger partial charge < -0.3 is 5.11 Å². The fourth-order valence-corrected chi connectivity index (χ4v) is 2.29. The average Bonchev–Trinajstić information content (AvgIpc) is 2.36. The Morgan fingerprint density at radius 2 is 2.42 bits per heavy atom. The summed E-state index contributed by atoms with van der Waals surface area (Å²) in [6.45, 7) is 3.46. The Labute approximate surface area is 78.2 Å². The van der Waals surface area contributed by atoms with Gasteiger partial charge >= 0.3 is 5.97 Å². The molecule has 1 aromatic rings. The van der Waals surface area contributed by atoms with Crippen molar-refractivity contribution in [2.45, 2.75) is 23.3 Å². The van der Waals surface area contributed by atoms with Gasteiger partial charge in [0.1, 0.15) is 9.46 Å². The van der Waals surface area contributed by atoms with Gasteiger partial charge in [-0.1, -0.05) is 16.3 Å². The summed E-state index contributed by atoms with van der Waals surface area (Å²) in [5, 5.41) is 12.0. The highest BCUT2D eigenvalue weighted by atomic mass is 32.2. The van der Waals surface area contributed by atoms with Gasteiger partial charge in [-0.15, -0.1) is 5.10 Å². The molecule has 1 rings (SSSR count). The van der Waals surface area contributed by atoms with Gasteiger partial charge in [0.05, 0.1) is 5.69 Å². The maximum atomic E-state index is 10.5. The number of hydrogen-bond donors (Lipinski definition) is 1. The second-order valence-corrected chi connectivity index (χ2v) is 4.61. The number of aromatic nitrogens is 2. The van der Waals surface area contributed by atoms with Gasteiger partial charge in [0.2, 0.25) is 0 Å². The molecule has 12 heavy (non-hydrogen) atoms. The number of carbonyl (C=O) groups is 1. The third-order valence-corrected chi connectivity index (χ3v) is 3.44. The molecule has 1 atom stereocenters. The number of hydrogen-bond acceptors (Lipinski definition) is 5. The molecule has 1 aromatic heterocycles. The van der Waals surface area contributed by atoms with Gasteiger partial charge in [0, 0.05) is 0 Å². The van der Waals surface area contributed by atoms with Crippen molar-refractivity contribution < 1.29 is 9.90 Å². The zero-order chi connectivity index (χ0) is 9.14. The van der Waals surface area contributed by atoms with Crippen molar-refractivity contribution in [3.63, 3.8) is 0 Å². The molecule has 0 spiro atoms. The number of carboxylic acid groups (broad SMARTS) is 1. The Hall–Kier alpha value is -0.620. The molecule has 1 heterocycles. The van der Waals surface area contributed by atoms with Crippen molar-refractivity contribution in [1.82, 2.24) is 9.59 Å². The maximum absolute atomic E-state index is 10.5. The number of carboxylic acids is 1. The van der Waals surface area contributed by atoms with Crippen LogP contribution in [-0.4, -0.2) is 25.9 Å². The fourth-order valence-electron chi connectivity index (χ4n) is 0.543. The lowest BCUT2D eigenvalue weighted by molar-refractivity contribution is -0.136. The maximum Gasteiger partial charge on any atom is 0.316 e. The van der Waals surface area contributed by atoms with Crippen LogP contribution in [0.2, 0.25) is 0 Å². The van der Waals surface area contributed by atoms with Crippen molar-refractivity contribution in [2.75, 3.05) is 0 Å². The summed E-state index contributed by atoms with van der Waals surface area (Å²) in [5.41, 5.74) is 0.804. The van der Waals surface area contributed by atoms with Crippen molar-refractivity contribution in [3.05, 3.63) is 5.69 Å². The first-order valence-corrected chi connectivity index (χ1v) is 4.95. The molecule has 0 aromatic carbocycles. The van der Waals surface area contributed by atoms with E-state index in [-0.39, 0.29) is 0 Å². The van der Waals surface area contributed by atoms with Crippen LogP contribution in [0.4, 0.5) is 0 Å². The van der Waals surface area contributed by atoms with Gasteiger partial charge in [-0.05, 0) is 25.4 Å². The number of nitrogens with zero attached hydrogens (tertiary/aromatic N) is 2. The molecule has 0 saturated carbocycles. The third kappa shape index (κ3) is 2.18. The molecule has 0 unspecified atom stereocenters. The standard InChI is InChI=1S/C6H8N2O2S2/c1-3-6(12-8-7-3)11-4(2)5(9)10/h4H,1-2H3,(H,9,10)/t4-/m1/s1. The molecule has 0 fully saturated rings. The van der Waals surface area contributed by atoms with Crippen molar-refractivity contribution in [2.24, 2.45) is 0 Å². The number of aryl methyl sites for hydroxylation is 1. The van der Waals surface area contributed by atoms with Crippen molar-refractivity contribution >= 4 is 29.3 Å². The van der Waals surface area contributed by atoms with Crippen LogP contribution in [0, 0.1) is 6.92 Å². The molecule has 66 valence electrons. The molecule has 4 nitrogen and oxygen atoms in total. The fraction of sp³-hybridized carbons (Fsp3) is 0.500. The SMILES string of the molecule is Cc1nnsc1S[C@H](C)C(=O)O. The lowest BCUT2D eigenvalue weighted by Crippen LogP contribution is -2.10. The smallest absolute Gasteiger partial charge is 0.316 e. The lowest BCUT2D eigenvalue weighted by atomic mass is 10.5. The normalized spacial score (nSPS) is 12.8. The van der Waals surface area contributed by atoms with Crippen LogP contribution >= 0.6 is 23.3 Å². The Kier molecular flexibility index (Phi) is 3.05. The number of aliphatic carboxylic acids is 1. The molecule has 0 amide bonds. The van der Waals surface area contributed by atoms with E-state index in [4.69, 9.17) is 5.11 Å². The zero-order valence-electron chi connectivity index (χ0n) is 6.64. The summed E-state index contributed by atoms with van der Waals surface area (Å²) in [7, 11) is 0. The van der Waals surface area contributed by atoms with Crippen LogP contribution < -0.4 is 0 Å². The largest absolute Gasteiger partial charge is 0.480 e. The van der Waals surface area contributed by atoms with Crippen LogP contribution in [0.15, 0.2) is 4.21 Å². The van der Waals surface area contributed by atoms with E-state index in [1.165, 1.54) is 23.3 Å². The molecule has 0 aliphatic rings. The van der Waals surface area contributed by atoms with Crippen LogP contribution in [0.5, 0.6) is 0 Å². The minimum atomic E-state index is -0.812. The second kappa shape index (κ2) is 3.86. The van der Waals surface area contributed by atoms with Gasteiger partial charge in [-0.3, -0.25) is 4.79 Å². The highest BCUT2D eigenvalue weighted by Gasteiger charge is 2.15.